The van der Waals surface area contributed by atoms with E-state index in [1.807, 2.05) is 17.8 Å². The van der Waals surface area contributed by atoms with Crippen molar-refractivity contribution in [1.82, 2.24) is 5.32 Å². The minimum Gasteiger partial charge on any atom is -0.504 e. The molecule has 1 atom stereocenters. The van der Waals surface area contributed by atoms with E-state index in [1.165, 1.54) is 17.9 Å². The average molecular weight is 269 g/mol. The second kappa shape index (κ2) is 8.27. The Morgan fingerprint density at radius 2 is 2.22 bits per heavy atom. The average Bonchev–Trinajstić information content (AvgIpc) is 2.37. The summed E-state index contributed by atoms with van der Waals surface area (Å²) in [6, 6.07) is 6.01. The van der Waals surface area contributed by atoms with Crippen LogP contribution in [0.1, 0.15) is 25.8 Å². The zero-order valence-corrected chi connectivity index (χ0v) is 12.2. The van der Waals surface area contributed by atoms with Gasteiger partial charge in [0, 0.05) is 12.6 Å². The normalized spacial score (nSPS) is 12.4. The largest absolute Gasteiger partial charge is 0.504 e. The third-order valence-electron chi connectivity index (χ3n) is 2.80. The number of phenols is 1. The van der Waals surface area contributed by atoms with Crippen molar-refractivity contribution in [3.8, 4) is 11.5 Å². The van der Waals surface area contributed by atoms with E-state index >= 15 is 0 Å². The molecule has 0 aromatic heterocycles. The van der Waals surface area contributed by atoms with Crippen molar-refractivity contribution in [3.63, 3.8) is 0 Å². The maximum absolute atomic E-state index is 9.67. The highest BCUT2D eigenvalue weighted by Gasteiger charge is 2.04. The van der Waals surface area contributed by atoms with E-state index in [-0.39, 0.29) is 5.75 Å². The Labute approximate surface area is 114 Å². The fourth-order valence-electron chi connectivity index (χ4n) is 1.64. The molecule has 0 aliphatic heterocycles. The molecule has 0 saturated carbocycles. The molecule has 102 valence electrons. The summed E-state index contributed by atoms with van der Waals surface area (Å²) in [4.78, 5) is 0. The van der Waals surface area contributed by atoms with Gasteiger partial charge in [-0.3, -0.25) is 0 Å². The van der Waals surface area contributed by atoms with Gasteiger partial charge in [-0.25, -0.2) is 0 Å². The molecule has 0 heterocycles. The number of ether oxygens (including phenoxy) is 1. The number of aromatic hydroxyl groups is 1. The first kappa shape index (κ1) is 15.2. The van der Waals surface area contributed by atoms with Crippen molar-refractivity contribution < 1.29 is 9.84 Å². The Balaban J connectivity index is 2.36. The van der Waals surface area contributed by atoms with E-state index in [2.05, 4.69) is 19.2 Å². The van der Waals surface area contributed by atoms with Crippen molar-refractivity contribution in [3.05, 3.63) is 23.8 Å². The SMILES string of the molecule is CCSCCC(C)NCc1ccc(OC)c(O)c1. The number of hydrogen-bond donors (Lipinski definition) is 2. The predicted octanol–water partition coefficient (Wildman–Crippen LogP) is 3.02. The smallest absolute Gasteiger partial charge is 0.160 e. The molecule has 0 radical (unpaired) electrons. The van der Waals surface area contributed by atoms with Gasteiger partial charge in [0.1, 0.15) is 0 Å². The zero-order chi connectivity index (χ0) is 13.4. The number of methoxy groups -OCH3 is 1. The molecule has 0 aliphatic rings. The Morgan fingerprint density at radius 3 is 2.83 bits per heavy atom. The molecule has 4 heteroatoms. The van der Waals surface area contributed by atoms with Crippen molar-refractivity contribution in [2.75, 3.05) is 18.6 Å². The van der Waals surface area contributed by atoms with Crippen LogP contribution in [-0.2, 0) is 6.54 Å². The van der Waals surface area contributed by atoms with Gasteiger partial charge < -0.3 is 15.2 Å². The summed E-state index contributed by atoms with van der Waals surface area (Å²) < 4.78 is 5.02. The summed E-state index contributed by atoms with van der Waals surface area (Å²) in [7, 11) is 1.56. The quantitative estimate of drug-likeness (QED) is 0.712. The summed E-state index contributed by atoms with van der Waals surface area (Å²) in [5.74, 6) is 3.09. The molecule has 0 bridgehead atoms. The van der Waals surface area contributed by atoms with Crippen molar-refractivity contribution in [2.24, 2.45) is 0 Å². The number of thioether (sulfide) groups is 1. The fourth-order valence-corrected chi connectivity index (χ4v) is 2.45. The molecule has 0 fully saturated rings. The number of benzene rings is 1. The number of hydrogen-bond acceptors (Lipinski definition) is 4. The third-order valence-corrected chi connectivity index (χ3v) is 3.73. The lowest BCUT2D eigenvalue weighted by molar-refractivity contribution is 0.373. The van der Waals surface area contributed by atoms with Gasteiger partial charge in [-0.05, 0) is 42.5 Å². The highest BCUT2D eigenvalue weighted by Crippen LogP contribution is 2.26. The van der Waals surface area contributed by atoms with E-state index in [4.69, 9.17) is 4.74 Å². The molecule has 1 aromatic rings. The van der Waals surface area contributed by atoms with Crippen LogP contribution in [0, 0.1) is 0 Å². The van der Waals surface area contributed by atoms with Crippen LogP contribution >= 0.6 is 11.8 Å². The summed E-state index contributed by atoms with van der Waals surface area (Å²) in [5, 5.41) is 13.1. The van der Waals surface area contributed by atoms with Gasteiger partial charge in [0.15, 0.2) is 11.5 Å². The molecule has 1 rings (SSSR count). The monoisotopic (exact) mass is 269 g/mol. The van der Waals surface area contributed by atoms with E-state index in [0.29, 0.717) is 11.8 Å². The first-order chi connectivity index (χ1) is 8.67. The van der Waals surface area contributed by atoms with Crippen LogP contribution in [0.5, 0.6) is 11.5 Å². The molecular weight excluding hydrogens is 246 g/mol. The molecule has 1 aromatic carbocycles. The van der Waals surface area contributed by atoms with Crippen molar-refractivity contribution >= 4 is 11.8 Å². The maximum atomic E-state index is 9.67. The van der Waals surface area contributed by atoms with Crippen molar-refractivity contribution in [1.29, 1.82) is 0 Å². The van der Waals surface area contributed by atoms with Crippen LogP contribution in [0.4, 0.5) is 0 Å². The van der Waals surface area contributed by atoms with E-state index in [1.54, 1.807) is 19.2 Å². The van der Waals surface area contributed by atoms with E-state index in [0.717, 1.165) is 12.1 Å². The second-order valence-electron chi connectivity index (χ2n) is 4.27. The highest BCUT2D eigenvalue weighted by molar-refractivity contribution is 7.99. The number of phenolic OH excluding ortho intramolecular Hbond substituents is 1. The Morgan fingerprint density at radius 1 is 1.44 bits per heavy atom. The maximum Gasteiger partial charge on any atom is 0.160 e. The summed E-state index contributed by atoms with van der Waals surface area (Å²) in [6.45, 7) is 5.15. The number of rotatable bonds is 8. The lowest BCUT2D eigenvalue weighted by Gasteiger charge is -2.14. The molecule has 2 N–H and O–H groups in total. The highest BCUT2D eigenvalue weighted by atomic mass is 32.2. The van der Waals surface area contributed by atoms with Crippen LogP contribution in [0.2, 0.25) is 0 Å². The Kier molecular flexibility index (Phi) is 6.98. The summed E-state index contributed by atoms with van der Waals surface area (Å²) in [5.41, 5.74) is 1.07. The molecule has 0 spiro atoms. The van der Waals surface area contributed by atoms with Gasteiger partial charge in [0.2, 0.25) is 0 Å². The van der Waals surface area contributed by atoms with E-state index < -0.39 is 0 Å². The molecule has 0 amide bonds. The van der Waals surface area contributed by atoms with Gasteiger partial charge in [-0.15, -0.1) is 0 Å². The van der Waals surface area contributed by atoms with E-state index in [9.17, 15) is 5.11 Å². The van der Waals surface area contributed by atoms with Gasteiger partial charge >= 0.3 is 0 Å². The van der Waals surface area contributed by atoms with Crippen LogP contribution in [-0.4, -0.2) is 29.8 Å². The minimum absolute atomic E-state index is 0.200. The minimum atomic E-state index is 0.200. The lowest BCUT2D eigenvalue weighted by Crippen LogP contribution is -2.26. The van der Waals surface area contributed by atoms with Crippen LogP contribution in [0.3, 0.4) is 0 Å². The topological polar surface area (TPSA) is 41.5 Å². The lowest BCUT2D eigenvalue weighted by atomic mass is 10.2. The third kappa shape index (κ3) is 5.19. The first-order valence-electron chi connectivity index (χ1n) is 6.34. The molecular formula is C14H23NO2S. The standard InChI is InChI=1S/C14H23NO2S/c1-4-18-8-7-11(2)15-10-12-5-6-14(17-3)13(16)9-12/h5-6,9,11,15-16H,4,7-8,10H2,1-3H3. The van der Waals surface area contributed by atoms with Gasteiger partial charge in [0.05, 0.1) is 7.11 Å². The molecule has 1 unspecified atom stereocenters. The van der Waals surface area contributed by atoms with Gasteiger partial charge in [-0.1, -0.05) is 13.0 Å². The predicted molar refractivity (Wildman–Crippen MR) is 78.6 cm³/mol. The fraction of sp³-hybridized carbons (Fsp3) is 0.571. The van der Waals surface area contributed by atoms with Crippen LogP contribution in [0.25, 0.3) is 0 Å². The molecule has 18 heavy (non-hydrogen) atoms. The Hall–Kier alpha value is -0.870. The molecule has 0 aliphatic carbocycles. The summed E-state index contributed by atoms with van der Waals surface area (Å²) >= 11 is 1.97. The first-order valence-corrected chi connectivity index (χ1v) is 7.49. The summed E-state index contributed by atoms with van der Waals surface area (Å²) in [6.07, 6.45) is 1.17. The van der Waals surface area contributed by atoms with Crippen LogP contribution < -0.4 is 10.1 Å². The second-order valence-corrected chi connectivity index (χ2v) is 5.67. The molecule has 3 nitrogen and oxygen atoms in total. The number of nitrogens with one attached hydrogen (secondary N) is 1. The van der Waals surface area contributed by atoms with Gasteiger partial charge in [-0.2, -0.15) is 11.8 Å². The van der Waals surface area contributed by atoms with Crippen LogP contribution in [0.15, 0.2) is 18.2 Å². The molecule has 0 saturated heterocycles. The zero-order valence-electron chi connectivity index (χ0n) is 11.4. The Bertz CT molecular complexity index is 358. The van der Waals surface area contributed by atoms with Gasteiger partial charge in [0.25, 0.3) is 0 Å². The van der Waals surface area contributed by atoms with Crippen molar-refractivity contribution in [2.45, 2.75) is 32.9 Å².